The van der Waals surface area contributed by atoms with Crippen molar-refractivity contribution < 1.29 is 4.79 Å². The van der Waals surface area contributed by atoms with Crippen molar-refractivity contribution in [3.63, 3.8) is 0 Å². The molecular weight excluding hydrogens is 300 g/mol. The van der Waals surface area contributed by atoms with Gasteiger partial charge in [-0.05, 0) is 24.8 Å². The predicted molar refractivity (Wildman–Crippen MR) is 104 cm³/mol. The Hall–Kier alpha value is -0.760. The zero-order valence-electron chi connectivity index (χ0n) is 15.1. The fourth-order valence-corrected chi connectivity index (χ4v) is 3.28. The molecule has 0 radical (unpaired) electrons. The number of unbranched alkanes of at least 4 members (excludes halogenated alkanes) is 10. The fourth-order valence-electron chi connectivity index (χ4n) is 2.87. The van der Waals surface area contributed by atoms with Gasteiger partial charge in [0.25, 0.3) is 0 Å². The highest BCUT2D eigenvalue weighted by molar-refractivity contribution is 7.98. The van der Waals surface area contributed by atoms with E-state index in [9.17, 15) is 4.79 Å². The van der Waals surface area contributed by atoms with Gasteiger partial charge in [-0.15, -0.1) is 11.8 Å². The van der Waals surface area contributed by atoms with Crippen LogP contribution in [0.2, 0.25) is 0 Å². The average Bonchev–Trinajstić information content (AvgIpc) is 2.59. The molecule has 2 heteroatoms. The van der Waals surface area contributed by atoms with Crippen LogP contribution in [0.1, 0.15) is 94.3 Å². The molecule has 0 aliphatic heterocycles. The van der Waals surface area contributed by atoms with E-state index in [-0.39, 0.29) is 0 Å². The van der Waals surface area contributed by atoms with Gasteiger partial charge in [0.1, 0.15) is 0 Å². The third kappa shape index (κ3) is 9.86. The Balaban J connectivity index is 1.97. The van der Waals surface area contributed by atoms with E-state index in [1.165, 1.54) is 69.1 Å². The summed E-state index contributed by atoms with van der Waals surface area (Å²) < 4.78 is 0. The van der Waals surface area contributed by atoms with Crippen LogP contribution >= 0.6 is 11.8 Å². The van der Waals surface area contributed by atoms with E-state index in [1.54, 1.807) is 11.8 Å². The minimum atomic E-state index is 0.300. The molecule has 0 N–H and O–H groups in total. The number of hydrogen-bond acceptors (Lipinski definition) is 2. The van der Waals surface area contributed by atoms with E-state index in [0.717, 1.165) is 12.0 Å². The molecule has 0 spiro atoms. The van der Waals surface area contributed by atoms with Crippen molar-refractivity contribution >= 4 is 17.5 Å². The molecule has 0 bridgehead atoms. The number of carbonyl (C=O) groups excluding carboxylic acids is 1. The van der Waals surface area contributed by atoms with Crippen LogP contribution in [0.15, 0.2) is 29.2 Å². The number of thioether (sulfide) groups is 1. The molecule has 1 aromatic carbocycles. The van der Waals surface area contributed by atoms with Gasteiger partial charge in [-0.25, -0.2) is 0 Å². The first kappa shape index (κ1) is 20.3. The SMILES string of the molecule is CCCCCCCCCCCCCC(=O)c1ccc(SC)cc1. The molecule has 0 heterocycles. The summed E-state index contributed by atoms with van der Waals surface area (Å²) in [5.41, 5.74) is 0.870. The maximum absolute atomic E-state index is 12.1. The summed E-state index contributed by atoms with van der Waals surface area (Å²) in [5.74, 6) is 0.300. The molecule has 130 valence electrons. The molecule has 0 aliphatic carbocycles. The Labute approximate surface area is 147 Å². The Morgan fingerprint density at radius 2 is 1.26 bits per heavy atom. The second-order valence-electron chi connectivity index (χ2n) is 6.44. The Morgan fingerprint density at radius 1 is 0.783 bits per heavy atom. The van der Waals surface area contributed by atoms with Gasteiger partial charge in [0.2, 0.25) is 0 Å². The molecule has 23 heavy (non-hydrogen) atoms. The third-order valence-corrected chi connectivity index (χ3v) is 5.16. The van der Waals surface area contributed by atoms with Crippen LogP contribution in [0.3, 0.4) is 0 Å². The van der Waals surface area contributed by atoms with Crippen LogP contribution in [0.5, 0.6) is 0 Å². The molecule has 0 atom stereocenters. The number of hydrogen-bond donors (Lipinski definition) is 0. The monoisotopic (exact) mass is 334 g/mol. The van der Waals surface area contributed by atoms with Crippen LogP contribution in [0.25, 0.3) is 0 Å². The summed E-state index contributed by atoms with van der Waals surface area (Å²) in [6.07, 6.45) is 17.4. The van der Waals surface area contributed by atoms with Crippen molar-refractivity contribution in [1.82, 2.24) is 0 Å². The third-order valence-electron chi connectivity index (χ3n) is 4.42. The van der Waals surface area contributed by atoms with E-state index in [0.29, 0.717) is 12.2 Å². The predicted octanol–water partition coefficient (Wildman–Crippen LogP) is 7.29. The average molecular weight is 335 g/mol. The van der Waals surface area contributed by atoms with Gasteiger partial charge in [-0.2, -0.15) is 0 Å². The van der Waals surface area contributed by atoms with Crippen LogP contribution in [0, 0.1) is 0 Å². The van der Waals surface area contributed by atoms with Crippen LogP contribution in [-0.2, 0) is 0 Å². The van der Waals surface area contributed by atoms with Crippen LogP contribution in [0.4, 0.5) is 0 Å². The summed E-state index contributed by atoms with van der Waals surface area (Å²) in [6, 6.07) is 8.01. The number of rotatable bonds is 14. The Bertz CT molecular complexity index is 410. The van der Waals surface area contributed by atoms with Crippen LogP contribution < -0.4 is 0 Å². The number of benzene rings is 1. The maximum atomic E-state index is 12.1. The smallest absolute Gasteiger partial charge is 0.162 e. The lowest BCUT2D eigenvalue weighted by molar-refractivity contribution is 0.0979. The van der Waals surface area contributed by atoms with Crippen molar-refractivity contribution in [3.8, 4) is 0 Å². The second kappa shape index (κ2) is 13.7. The highest BCUT2D eigenvalue weighted by atomic mass is 32.2. The lowest BCUT2D eigenvalue weighted by Gasteiger charge is -2.04. The van der Waals surface area contributed by atoms with E-state index in [4.69, 9.17) is 0 Å². The zero-order chi connectivity index (χ0) is 16.8. The van der Waals surface area contributed by atoms with Crippen molar-refractivity contribution in [2.75, 3.05) is 6.26 Å². The van der Waals surface area contributed by atoms with Gasteiger partial charge in [-0.1, -0.05) is 83.3 Å². The first-order valence-corrected chi connectivity index (χ1v) is 10.7. The lowest BCUT2D eigenvalue weighted by atomic mass is 10.0. The largest absolute Gasteiger partial charge is 0.294 e. The molecule has 0 saturated carbocycles. The number of Topliss-reactive ketones (excluding diaryl/α,β-unsaturated/α-hetero) is 1. The number of ketones is 1. The van der Waals surface area contributed by atoms with Gasteiger partial charge < -0.3 is 0 Å². The van der Waals surface area contributed by atoms with Gasteiger partial charge in [0.15, 0.2) is 5.78 Å². The van der Waals surface area contributed by atoms with Crippen LogP contribution in [-0.4, -0.2) is 12.0 Å². The summed E-state index contributed by atoms with van der Waals surface area (Å²) in [6.45, 7) is 2.27. The Kier molecular flexibility index (Phi) is 12.0. The molecule has 0 aromatic heterocycles. The molecule has 1 nitrogen and oxygen atoms in total. The molecule has 1 aromatic rings. The normalized spacial score (nSPS) is 10.9. The maximum Gasteiger partial charge on any atom is 0.162 e. The minimum absolute atomic E-state index is 0.300. The first-order valence-electron chi connectivity index (χ1n) is 9.45. The first-order chi connectivity index (χ1) is 11.3. The summed E-state index contributed by atoms with van der Waals surface area (Å²) in [5, 5.41) is 0. The van der Waals surface area contributed by atoms with E-state index in [1.807, 2.05) is 24.3 Å². The quantitative estimate of drug-likeness (QED) is 0.202. The molecule has 0 unspecified atom stereocenters. The standard InChI is InChI=1S/C21H34OS/c1-3-4-5-6-7-8-9-10-11-12-13-14-21(22)19-15-17-20(23-2)18-16-19/h15-18H,3-14H2,1-2H3. The Morgan fingerprint density at radius 3 is 1.74 bits per heavy atom. The fraction of sp³-hybridized carbons (Fsp3) is 0.667. The van der Waals surface area contributed by atoms with Crippen molar-refractivity contribution in [2.45, 2.75) is 88.9 Å². The van der Waals surface area contributed by atoms with Gasteiger partial charge in [0, 0.05) is 16.9 Å². The molecule has 0 amide bonds. The molecule has 1 rings (SSSR count). The summed E-state index contributed by atoms with van der Waals surface area (Å²) in [4.78, 5) is 13.3. The van der Waals surface area contributed by atoms with Crippen molar-refractivity contribution in [2.24, 2.45) is 0 Å². The number of carbonyl (C=O) groups is 1. The molecule has 0 fully saturated rings. The lowest BCUT2D eigenvalue weighted by Crippen LogP contribution is -1.98. The van der Waals surface area contributed by atoms with Gasteiger partial charge in [0.05, 0.1) is 0 Å². The van der Waals surface area contributed by atoms with E-state index >= 15 is 0 Å². The second-order valence-corrected chi connectivity index (χ2v) is 7.32. The highest BCUT2D eigenvalue weighted by Crippen LogP contribution is 2.17. The minimum Gasteiger partial charge on any atom is -0.294 e. The summed E-state index contributed by atoms with van der Waals surface area (Å²) >= 11 is 1.71. The van der Waals surface area contributed by atoms with Crippen molar-refractivity contribution in [1.29, 1.82) is 0 Å². The van der Waals surface area contributed by atoms with Gasteiger partial charge >= 0.3 is 0 Å². The highest BCUT2D eigenvalue weighted by Gasteiger charge is 2.05. The molecular formula is C21H34OS. The molecule has 0 saturated heterocycles. The van der Waals surface area contributed by atoms with E-state index < -0.39 is 0 Å². The zero-order valence-corrected chi connectivity index (χ0v) is 15.9. The molecule has 0 aliphatic rings. The van der Waals surface area contributed by atoms with Crippen molar-refractivity contribution in [3.05, 3.63) is 29.8 Å². The van der Waals surface area contributed by atoms with E-state index in [2.05, 4.69) is 13.2 Å². The van der Waals surface area contributed by atoms with Gasteiger partial charge in [-0.3, -0.25) is 4.79 Å². The summed E-state index contributed by atoms with van der Waals surface area (Å²) in [7, 11) is 0. The topological polar surface area (TPSA) is 17.1 Å².